The molecule has 0 bridgehead atoms. The van der Waals surface area contributed by atoms with Crippen molar-refractivity contribution < 1.29 is 13.2 Å². The molecule has 1 aromatic rings. The van der Waals surface area contributed by atoms with Crippen LogP contribution in [0.4, 0.5) is 0 Å². The summed E-state index contributed by atoms with van der Waals surface area (Å²) >= 11 is 0. The Balaban J connectivity index is 1.66. The fraction of sp³-hybridized carbons (Fsp3) is 0.733. The number of carbonyl (C=O) groups excluding carboxylic acids is 1. The molecule has 8 heteroatoms. The van der Waals surface area contributed by atoms with Crippen molar-refractivity contribution in [1.29, 1.82) is 0 Å². The van der Waals surface area contributed by atoms with E-state index in [1.807, 2.05) is 21.8 Å². The van der Waals surface area contributed by atoms with Crippen molar-refractivity contribution in [2.45, 2.75) is 38.3 Å². The molecule has 2 atom stereocenters. The van der Waals surface area contributed by atoms with Crippen molar-refractivity contribution >= 4 is 15.9 Å². The van der Waals surface area contributed by atoms with Gasteiger partial charge in [-0.25, -0.2) is 12.7 Å². The summed E-state index contributed by atoms with van der Waals surface area (Å²) in [5.74, 6) is -0.107. The van der Waals surface area contributed by atoms with Gasteiger partial charge in [-0.3, -0.25) is 9.48 Å². The summed E-state index contributed by atoms with van der Waals surface area (Å²) < 4.78 is 26.8. The van der Waals surface area contributed by atoms with Gasteiger partial charge in [-0.05, 0) is 31.7 Å². The molecule has 3 heterocycles. The second-order valence-electron chi connectivity index (χ2n) is 6.52. The maximum Gasteiger partial charge on any atom is 0.227 e. The smallest absolute Gasteiger partial charge is 0.227 e. The molecule has 0 aromatic carbocycles. The van der Waals surface area contributed by atoms with Gasteiger partial charge in [-0.1, -0.05) is 0 Å². The van der Waals surface area contributed by atoms with Gasteiger partial charge in [0.05, 0.1) is 24.8 Å². The highest BCUT2D eigenvalue weighted by atomic mass is 32.2. The zero-order chi connectivity index (χ0) is 16.4. The van der Waals surface area contributed by atoms with Gasteiger partial charge in [-0.15, -0.1) is 0 Å². The third-order valence-corrected chi connectivity index (χ3v) is 6.09. The first-order valence-corrected chi connectivity index (χ1v) is 10.0. The van der Waals surface area contributed by atoms with Gasteiger partial charge in [0.2, 0.25) is 15.9 Å². The van der Waals surface area contributed by atoms with Crippen molar-refractivity contribution in [2.24, 2.45) is 5.92 Å². The molecule has 1 aromatic heterocycles. The molecular formula is C15H24N4O3S. The number of carbonyl (C=O) groups is 1. The van der Waals surface area contributed by atoms with E-state index in [2.05, 4.69) is 5.10 Å². The molecule has 7 nitrogen and oxygen atoms in total. The van der Waals surface area contributed by atoms with Crippen LogP contribution in [0, 0.1) is 5.92 Å². The fourth-order valence-corrected chi connectivity index (χ4v) is 4.53. The van der Waals surface area contributed by atoms with Gasteiger partial charge in [-0.2, -0.15) is 5.10 Å². The van der Waals surface area contributed by atoms with Crippen LogP contribution in [0.25, 0.3) is 0 Å². The summed E-state index contributed by atoms with van der Waals surface area (Å²) in [5.41, 5.74) is 0. The van der Waals surface area contributed by atoms with E-state index in [0.717, 1.165) is 32.2 Å². The molecule has 3 rings (SSSR count). The number of hydrogen-bond acceptors (Lipinski definition) is 4. The molecule has 2 aliphatic heterocycles. The third-order valence-electron chi connectivity index (χ3n) is 4.82. The van der Waals surface area contributed by atoms with Crippen molar-refractivity contribution in [2.75, 3.05) is 25.9 Å². The van der Waals surface area contributed by atoms with E-state index in [-0.39, 0.29) is 17.9 Å². The van der Waals surface area contributed by atoms with Gasteiger partial charge in [0.15, 0.2) is 0 Å². The first kappa shape index (κ1) is 16.4. The van der Waals surface area contributed by atoms with Gasteiger partial charge in [0, 0.05) is 32.0 Å². The summed E-state index contributed by atoms with van der Waals surface area (Å²) in [5, 5.41) is 4.22. The van der Waals surface area contributed by atoms with Crippen LogP contribution in [0.2, 0.25) is 0 Å². The van der Waals surface area contributed by atoms with E-state index in [1.165, 1.54) is 10.6 Å². The summed E-state index contributed by atoms with van der Waals surface area (Å²) in [6.45, 7) is 2.32. The third kappa shape index (κ3) is 3.74. The first-order chi connectivity index (χ1) is 10.9. The molecule has 2 aliphatic rings. The van der Waals surface area contributed by atoms with Gasteiger partial charge < -0.3 is 4.90 Å². The highest BCUT2D eigenvalue weighted by Gasteiger charge is 2.36. The quantitative estimate of drug-likeness (QED) is 0.802. The van der Waals surface area contributed by atoms with E-state index < -0.39 is 10.0 Å². The summed E-state index contributed by atoms with van der Waals surface area (Å²) in [6.07, 6.45) is 8.38. The second-order valence-corrected chi connectivity index (χ2v) is 8.50. The molecule has 0 spiro atoms. The molecule has 2 fully saturated rings. The molecule has 1 amide bonds. The Labute approximate surface area is 137 Å². The number of hydrogen-bond donors (Lipinski definition) is 0. The van der Waals surface area contributed by atoms with Crippen molar-refractivity contribution in [3.8, 4) is 0 Å². The minimum atomic E-state index is -3.22. The number of aromatic nitrogens is 2. The second kappa shape index (κ2) is 6.60. The summed E-state index contributed by atoms with van der Waals surface area (Å²) in [7, 11) is -3.22. The molecule has 23 heavy (non-hydrogen) atoms. The fourth-order valence-electron chi connectivity index (χ4n) is 3.62. The molecule has 0 radical (unpaired) electrons. The van der Waals surface area contributed by atoms with E-state index in [4.69, 9.17) is 0 Å². The Hall–Kier alpha value is -1.41. The Kier molecular flexibility index (Phi) is 4.72. The van der Waals surface area contributed by atoms with Crippen LogP contribution in [0.1, 0.15) is 25.7 Å². The average Bonchev–Trinajstić information content (AvgIpc) is 3.18. The average molecular weight is 340 g/mol. The predicted molar refractivity (Wildman–Crippen MR) is 86.1 cm³/mol. The molecule has 0 saturated carbocycles. The molecule has 0 N–H and O–H groups in total. The topological polar surface area (TPSA) is 75.5 Å². The van der Waals surface area contributed by atoms with Crippen LogP contribution in [0.3, 0.4) is 0 Å². The molecule has 0 aliphatic carbocycles. The monoisotopic (exact) mass is 340 g/mol. The lowest BCUT2D eigenvalue weighted by atomic mass is 9.97. The molecule has 0 unspecified atom stereocenters. The number of amides is 1. The van der Waals surface area contributed by atoms with Crippen molar-refractivity contribution in [3.63, 3.8) is 0 Å². The Bertz CT molecular complexity index is 644. The Morgan fingerprint density at radius 1 is 1.26 bits per heavy atom. The van der Waals surface area contributed by atoms with Crippen molar-refractivity contribution in [1.82, 2.24) is 19.0 Å². The lowest BCUT2D eigenvalue weighted by Gasteiger charge is -2.34. The highest BCUT2D eigenvalue weighted by molar-refractivity contribution is 7.88. The van der Waals surface area contributed by atoms with E-state index in [1.54, 1.807) is 6.20 Å². The molecular weight excluding hydrogens is 316 g/mol. The number of piperidine rings is 1. The lowest BCUT2D eigenvalue weighted by molar-refractivity contribution is -0.137. The predicted octanol–water partition coefficient (Wildman–Crippen LogP) is 0.546. The zero-order valence-electron chi connectivity index (χ0n) is 13.5. The van der Waals surface area contributed by atoms with Gasteiger partial charge >= 0.3 is 0 Å². The minimum Gasteiger partial charge on any atom is -0.338 e. The van der Waals surface area contributed by atoms with Crippen LogP contribution < -0.4 is 0 Å². The Morgan fingerprint density at radius 2 is 2.04 bits per heavy atom. The SMILES string of the molecule is CS(=O)(=O)N1CCC[C@H](C(=O)N2CCC[C@@H]2Cn2cccn2)C1. The van der Waals surface area contributed by atoms with Crippen LogP contribution in [0.5, 0.6) is 0 Å². The summed E-state index contributed by atoms with van der Waals surface area (Å²) in [4.78, 5) is 14.8. The van der Waals surface area contributed by atoms with E-state index >= 15 is 0 Å². The van der Waals surface area contributed by atoms with Gasteiger partial charge in [0.1, 0.15) is 0 Å². The highest BCUT2D eigenvalue weighted by Crippen LogP contribution is 2.26. The largest absolute Gasteiger partial charge is 0.338 e. The number of rotatable bonds is 4. The van der Waals surface area contributed by atoms with Crippen LogP contribution in [-0.2, 0) is 21.4 Å². The van der Waals surface area contributed by atoms with Crippen LogP contribution in [0.15, 0.2) is 18.5 Å². The Morgan fingerprint density at radius 3 is 2.74 bits per heavy atom. The number of sulfonamides is 1. The maximum atomic E-state index is 12.9. The van der Waals surface area contributed by atoms with Crippen molar-refractivity contribution in [3.05, 3.63) is 18.5 Å². The minimum absolute atomic E-state index is 0.105. The van der Waals surface area contributed by atoms with Crippen LogP contribution >= 0.6 is 0 Å². The summed E-state index contributed by atoms with van der Waals surface area (Å²) in [6, 6.07) is 2.04. The van der Waals surface area contributed by atoms with Gasteiger partial charge in [0.25, 0.3) is 0 Å². The molecule has 2 saturated heterocycles. The molecule has 128 valence electrons. The zero-order valence-corrected chi connectivity index (χ0v) is 14.3. The number of likely N-dealkylation sites (tertiary alicyclic amines) is 1. The van der Waals surface area contributed by atoms with E-state index in [9.17, 15) is 13.2 Å². The maximum absolute atomic E-state index is 12.9. The standard InChI is InChI=1S/C15H24N4O3S/c1-23(21,22)18-9-2-5-13(11-18)15(20)19-10-3-6-14(19)12-17-8-4-7-16-17/h4,7-8,13-14H,2-3,5-6,9-12H2,1H3/t13-,14+/m0/s1. The normalized spacial score (nSPS) is 26.6. The number of nitrogens with zero attached hydrogens (tertiary/aromatic N) is 4. The first-order valence-electron chi connectivity index (χ1n) is 8.18. The van der Waals surface area contributed by atoms with Crippen LogP contribution in [-0.4, -0.2) is 65.2 Å². The lowest BCUT2D eigenvalue weighted by Crippen LogP contribution is -2.48. The van der Waals surface area contributed by atoms with E-state index in [0.29, 0.717) is 19.6 Å².